The number of carbonyl (C=O) groups excluding carboxylic acids is 1. The lowest BCUT2D eigenvalue weighted by molar-refractivity contribution is -0.133. The highest BCUT2D eigenvalue weighted by atomic mass is 19.1. The lowest BCUT2D eigenvalue weighted by Gasteiger charge is -2.36. The number of morpholine rings is 1. The summed E-state index contributed by atoms with van der Waals surface area (Å²) in [6, 6.07) is 13.1. The van der Waals surface area contributed by atoms with Gasteiger partial charge in [0, 0.05) is 50.5 Å². The number of piperazine rings is 1. The fraction of sp³-hybridized carbons (Fsp3) is 0.500. The van der Waals surface area contributed by atoms with Gasteiger partial charge in [-0.2, -0.15) is 0 Å². The molecule has 2 aliphatic heterocycles. The van der Waals surface area contributed by atoms with Gasteiger partial charge < -0.3 is 19.4 Å². The van der Waals surface area contributed by atoms with E-state index in [1.807, 2.05) is 18.2 Å². The van der Waals surface area contributed by atoms with Crippen LogP contribution in [0.25, 0.3) is 0 Å². The highest BCUT2D eigenvalue weighted by molar-refractivity contribution is 5.97. The van der Waals surface area contributed by atoms with Crippen LogP contribution in [-0.2, 0) is 21.4 Å². The number of hydrogen-bond acceptors (Lipinski definition) is 4. The smallest absolute Gasteiger partial charge is 0.256 e. The van der Waals surface area contributed by atoms with Gasteiger partial charge in [0.1, 0.15) is 11.9 Å². The molecule has 6 heteroatoms. The minimum Gasteiger partial charge on any atom is -0.369 e. The molecule has 0 N–H and O–H groups in total. The Bertz CT molecular complexity index is 947. The second-order valence-electron chi connectivity index (χ2n) is 9.91. The summed E-state index contributed by atoms with van der Waals surface area (Å²) in [4.78, 5) is 19.7. The largest absolute Gasteiger partial charge is 0.369 e. The van der Waals surface area contributed by atoms with Crippen molar-refractivity contribution in [2.75, 3.05) is 56.2 Å². The van der Waals surface area contributed by atoms with Crippen molar-refractivity contribution in [2.45, 2.75) is 38.7 Å². The molecule has 1 amide bonds. The summed E-state index contributed by atoms with van der Waals surface area (Å²) in [5, 5.41) is 0. The summed E-state index contributed by atoms with van der Waals surface area (Å²) in [6.45, 7) is 11.2. The number of carbonyl (C=O) groups is 1. The highest BCUT2D eigenvalue weighted by Crippen LogP contribution is 2.29. The maximum atomic E-state index is 14.1. The van der Waals surface area contributed by atoms with Crippen LogP contribution in [0.2, 0.25) is 0 Å². The first-order valence-electron chi connectivity index (χ1n) is 11.5. The molecule has 0 radical (unpaired) electrons. The standard InChI is InChI=1S/C26H34FN3O2/c1-26(2,3)20-5-8-22(9-6-20)30-15-16-32-24(25(30)31)18-19-17-21(27)7-10-23(19)29-13-11-28(4)12-14-29/h5-10,17,24H,11-16,18H2,1-4H3. The molecule has 2 aromatic carbocycles. The SMILES string of the molecule is CN1CCN(c2ccc(F)cc2CC2OCCN(c3ccc(C(C)(C)C)cc3)C2=O)CC1. The van der Waals surface area contributed by atoms with Crippen LogP contribution in [-0.4, -0.2) is 63.3 Å². The van der Waals surface area contributed by atoms with Gasteiger partial charge in [0.05, 0.1) is 6.61 Å². The third-order valence-electron chi connectivity index (χ3n) is 6.51. The minimum absolute atomic E-state index is 0.0617. The summed E-state index contributed by atoms with van der Waals surface area (Å²) in [7, 11) is 2.11. The molecular formula is C26H34FN3O2. The zero-order chi connectivity index (χ0) is 22.9. The van der Waals surface area contributed by atoms with Crippen LogP contribution in [0.1, 0.15) is 31.9 Å². The topological polar surface area (TPSA) is 36.0 Å². The van der Waals surface area contributed by atoms with E-state index < -0.39 is 6.10 Å². The van der Waals surface area contributed by atoms with Gasteiger partial charge in [-0.05, 0) is 53.9 Å². The number of rotatable bonds is 4. The third-order valence-corrected chi connectivity index (χ3v) is 6.51. The van der Waals surface area contributed by atoms with E-state index in [-0.39, 0.29) is 17.1 Å². The molecular weight excluding hydrogens is 405 g/mol. The van der Waals surface area contributed by atoms with Crippen LogP contribution in [0.15, 0.2) is 42.5 Å². The molecule has 2 fully saturated rings. The van der Waals surface area contributed by atoms with Crippen molar-refractivity contribution in [1.82, 2.24) is 4.90 Å². The van der Waals surface area contributed by atoms with Crippen molar-refractivity contribution in [3.63, 3.8) is 0 Å². The molecule has 2 heterocycles. The lowest BCUT2D eigenvalue weighted by atomic mass is 9.87. The van der Waals surface area contributed by atoms with Crippen molar-refractivity contribution in [3.8, 4) is 0 Å². The maximum Gasteiger partial charge on any atom is 0.256 e. The number of halogens is 1. The number of nitrogens with zero attached hydrogens (tertiary/aromatic N) is 3. The zero-order valence-corrected chi connectivity index (χ0v) is 19.6. The fourth-order valence-corrected chi connectivity index (χ4v) is 4.46. The molecule has 2 saturated heterocycles. The van der Waals surface area contributed by atoms with Gasteiger partial charge in [-0.15, -0.1) is 0 Å². The molecule has 0 aliphatic carbocycles. The number of likely N-dealkylation sites (N-methyl/N-ethyl adjacent to an activating group) is 1. The molecule has 2 aromatic rings. The molecule has 4 rings (SSSR count). The number of hydrogen-bond donors (Lipinski definition) is 0. The van der Waals surface area contributed by atoms with Crippen LogP contribution < -0.4 is 9.80 Å². The predicted molar refractivity (Wildman–Crippen MR) is 127 cm³/mol. The molecule has 1 atom stereocenters. The Morgan fingerprint density at radius 3 is 2.34 bits per heavy atom. The molecule has 0 saturated carbocycles. The molecule has 1 unspecified atom stereocenters. The highest BCUT2D eigenvalue weighted by Gasteiger charge is 2.32. The van der Waals surface area contributed by atoms with E-state index in [9.17, 15) is 9.18 Å². The molecule has 5 nitrogen and oxygen atoms in total. The molecule has 0 bridgehead atoms. The van der Waals surface area contributed by atoms with E-state index in [1.165, 1.54) is 11.6 Å². The van der Waals surface area contributed by atoms with E-state index in [1.54, 1.807) is 11.0 Å². The molecule has 2 aliphatic rings. The number of amides is 1. The van der Waals surface area contributed by atoms with Gasteiger partial charge in [-0.3, -0.25) is 4.79 Å². The number of benzene rings is 2. The lowest BCUT2D eigenvalue weighted by Crippen LogP contribution is -2.49. The Kier molecular flexibility index (Phi) is 6.54. The summed E-state index contributed by atoms with van der Waals surface area (Å²) in [6.07, 6.45) is -0.242. The molecule has 0 spiro atoms. The number of ether oxygens (including phenoxy) is 1. The quantitative estimate of drug-likeness (QED) is 0.725. The van der Waals surface area contributed by atoms with Gasteiger partial charge in [-0.1, -0.05) is 32.9 Å². The van der Waals surface area contributed by atoms with E-state index >= 15 is 0 Å². The third kappa shape index (κ3) is 4.97. The summed E-state index contributed by atoms with van der Waals surface area (Å²) in [5.41, 5.74) is 4.01. The first-order chi connectivity index (χ1) is 15.2. The second-order valence-corrected chi connectivity index (χ2v) is 9.91. The van der Waals surface area contributed by atoms with Crippen LogP contribution in [0.5, 0.6) is 0 Å². The van der Waals surface area contributed by atoms with E-state index in [2.05, 4.69) is 49.8 Å². The van der Waals surface area contributed by atoms with Gasteiger partial charge in [0.2, 0.25) is 0 Å². The fourth-order valence-electron chi connectivity index (χ4n) is 4.46. The van der Waals surface area contributed by atoms with E-state index in [4.69, 9.17) is 4.74 Å². The van der Waals surface area contributed by atoms with Gasteiger partial charge in [0.15, 0.2) is 0 Å². The van der Waals surface area contributed by atoms with Crippen LogP contribution in [0.4, 0.5) is 15.8 Å². The average Bonchev–Trinajstić information content (AvgIpc) is 2.76. The zero-order valence-electron chi connectivity index (χ0n) is 19.6. The average molecular weight is 440 g/mol. The second kappa shape index (κ2) is 9.20. The Balaban J connectivity index is 1.52. The van der Waals surface area contributed by atoms with Crippen molar-refractivity contribution < 1.29 is 13.9 Å². The molecule has 0 aromatic heterocycles. The minimum atomic E-state index is -0.612. The van der Waals surface area contributed by atoms with Crippen molar-refractivity contribution in [2.24, 2.45) is 0 Å². The van der Waals surface area contributed by atoms with Crippen LogP contribution in [0.3, 0.4) is 0 Å². The molecule has 32 heavy (non-hydrogen) atoms. The van der Waals surface area contributed by atoms with E-state index in [0.717, 1.165) is 43.1 Å². The van der Waals surface area contributed by atoms with Gasteiger partial charge in [0.25, 0.3) is 5.91 Å². The Morgan fingerprint density at radius 1 is 1.00 bits per heavy atom. The van der Waals surface area contributed by atoms with Crippen LogP contribution >= 0.6 is 0 Å². The Morgan fingerprint density at radius 2 is 1.69 bits per heavy atom. The summed E-state index contributed by atoms with van der Waals surface area (Å²) >= 11 is 0. The monoisotopic (exact) mass is 439 g/mol. The predicted octanol–water partition coefficient (Wildman–Crippen LogP) is 3.85. The summed E-state index contributed by atoms with van der Waals surface area (Å²) < 4.78 is 20.0. The van der Waals surface area contributed by atoms with E-state index in [0.29, 0.717) is 19.6 Å². The Hall–Kier alpha value is -2.44. The van der Waals surface area contributed by atoms with Crippen molar-refractivity contribution in [3.05, 3.63) is 59.4 Å². The van der Waals surface area contributed by atoms with Crippen molar-refractivity contribution >= 4 is 17.3 Å². The van der Waals surface area contributed by atoms with Crippen molar-refractivity contribution in [1.29, 1.82) is 0 Å². The Labute approximate surface area is 190 Å². The summed E-state index contributed by atoms with van der Waals surface area (Å²) in [5.74, 6) is -0.343. The van der Waals surface area contributed by atoms with Crippen LogP contribution in [0, 0.1) is 5.82 Å². The number of anilines is 2. The van der Waals surface area contributed by atoms with Gasteiger partial charge in [-0.25, -0.2) is 4.39 Å². The normalized spacial score (nSPS) is 20.7. The maximum absolute atomic E-state index is 14.1. The first kappa shape index (κ1) is 22.7. The van der Waals surface area contributed by atoms with Gasteiger partial charge >= 0.3 is 0 Å². The molecule has 172 valence electrons. The first-order valence-corrected chi connectivity index (χ1v) is 11.5.